The van der Waals surface area contributed by atoms with Gasteiger partial charge in [0.1, 0.15) is 5.82 Å². The minimum atomic E-state index is -0.720. The van der Waals surface area contributed by atoms with Gasteiger partial charge in [0.2, 0.25) is 5.13 Å². The molecule has 1 N–H and O–H groups in total. The van der Waals surface area contributed by atoms with Crippen molar-refractivity contribution in [2.75, 3.05) is 18.0 Å². The highest BCUT2D eigenvalue weighted by Gasteiger charge is 2.31. The van der Waals surface area contributed by atoms with Crippen molar-refractivity contribution >= 4 is 22.6 Å². The maximum Gasteiger partial charge on any atom is 0.303 e. The van der Waals surface area contributed by atoms with Gasteiger partial charge in [-0.2, -0.15) is 4.37 Å². The monoisotopic (exact) mass is 255 g/mol. The van der Waals surface area contributed by atoms with E-state index in [4.69, 9.17) is 5.11 Å². The average Bonchev–Trinajstić information content (AvgIpc) is 2.57. The van der Waals surface area contributed by atoms with Gasteiger partial charge in [-0.05, 0) is 0 Å². The van der Waals surface area contributed by atoms with Gasteiger partial charge in [-0.3, -0.25) is 4.79 Å². The number of carbonyl (C=O) groups is 1. The van der Waals surface area contributed by atoms with E-state index in [0.717, 1.165) is 24.0 Å². The topological polar surface area (TPSA) is 66.3 Å². The molecule has 2 rings (SSSR count). The Labute approximate surface area is 105 Å². The maximum atomic E-state index is 10.5. The molecule has 2 heterocycles. The van der Waals surface area contributed by atoms with Crippen molar-refractivity contribution in [3.63, 3.8) is 0 Å². The Morgan fingerprint density at radius 3 is 2.65 bits per heavy atom. The molecule has 17 heavy (non-hydrogen) atoms. The van der Waals surface area contributed by atoms with Gasteiger partial charge in [0.05, 0.1) is 6.42 Å². The molecular formula is C11H17N3O2S. The summed E-state index contributed by atoms with van der Waals surface area (Å²) < 4.78 is 4.35. The number of nitrogens with zero attached hydrogens (tertiary/aromatic N) is 3. The Kier molecular flexibility index (Phi) is 3.07. The normalized spacial score (nSPS) is 17.0. The molecule has 1 aromatic rings. The fourth-order valence-electron chi connectivity index (χ4n) is 1.75. The first-order valence-corrected chi connectivity index (χ1v) is 6.44. The summed E-state index contributed by atoms with van der Waals surface area (Å²) in [4.78, 5) is 17.1. The first kappa shape index (κ1) is 12.3. The van der Waals surface area contributed by atoms with Crippen LogP contribution in [0.25, 0.3) is 0 Å². The van der Waals surface area contributed by atoms with Gasteiger partial charge >= 0.3 is 5.97 Å². The van der Waals surface area contributed by atoms with E-state index in [9.17, 15) is 4.79 Å². The number of hydrogen-bond donors (Lipinski definition) is 1. The molecule has 5 nitrogen and oxygen atoms in total. The lowest BCUT2D eigenvalue weighted by Gasteiger charge is -2.38. The lowest BCUT2D eigenvalue weighted by Crippen LogP contribution is -2.47. The third kappa shape index (κ3) is 2.74. The lowest BCUT2D eigenvalue weighted by atomic mass is 9.96. The SMILES string of the molecule is CC(C)(C)c1nsc(N2CC(CC(=O)O)C2)n1. The Hall–Kier alpha value is -1.17. The zero-order chi connectivity index (χ0) is 12.6. The van der Waals surface area contributed by atoms with E-state index in [1.165, 1.54) is 11.5 Å². The molecule has 1 aliphatic rings. The molecule has 1 aliphatic heterocycles. The summed E-state index contributed by atoms with van der Waals surface area (Å²) in [5, 5.41) is 9.59. The predicted octanol–water partition coefficient (Wildman–Crippen LogP) is 1.75. The highest BCUT2D eigenvalue weighted by atomic mass is 32.1. The molecule has 1 saturated heterocycles. The van der Waals surface area contributed by atoms with Gasteiger partial charge in [-0.25, -0.2) is 4.98 Å². The summed E-state index contributed by atoms with van der Waals surface area (Å²) in [6.07, 6.45) is 0.251. The number of hydrogen-bond acceptors (Lipinski definition) is 5. The summed E-state index contributed by atoms with van der Waals surface area (Å²) in [7, 11) is 0. The standard InChI is InChI=1S/C11H17N3O2S/c1-11(2,3)9-12-10(17-13-9)14-5-7(6-14)4-8(15)16/h7H,4-6H2,1-3H3,(H,15,16). The summed E-state index contributed by atoms with van der Waals surface area (Å²) in [5.74, 6) is 0.399. The quantitative estimate of drug-likeness (QED) is 0.891. The molecule has 0 aliphatic carbocycles. The first-order valence-electron chi connectivity index (χ1n) is 5.67. The number of rotatable bonds is 3. The number of carboxylic acids is 1. The van der Waals surface area contributed by atoms with E-state index >= 15 is 0 Å². The highest BCUT2D eigenvalue weighted by Crippen LogP contribution is 2.30. The van der Waals surface area contributed by atoms with Crippen molar-refractivity contribution in [2.24, 2.45) is 5.92 Å². The second kappa shape index (κ2) is 4.25. The van der Waals surface area contributed by atoms with Crippen molar-refractivity contribution in [3.8, 4) is 0 Å². The molecule has 0 bridgehead atoms. The van der Waals surface area contributed by atoms with Crippen LogP contribution in [0.2, 0.25) is 0 Å². The van der Waals surface area contributed by atoms with Crippen LogP contribution in [0, 0.1) is 5.92 Å². The number of aliphatic carboxylic acids is 1. The first-order chi connectivity index (χ1) is 7.86. The third-order valence-corrected chi connectivity index (χ3v) is 3.55. The third-order valence-electron chi connectivity index (χ3n) is 2.78. The lowest BCUT2D eigenvalue weighted by molar-refractivity contribution is -0.138. The van der Waals surface area contributed by atoms with E-state index in [1.54, 1.807) is 0 Å². The van der Waals surface area contributed by atoms with Crippen molar-refractivity contribution in [2.45, 2.75) is 32.6 Å². The Bertz CT molecular complexity index is 419. The van der Waals surface area contributed by atoms with Crippen LogP contribution < -0.4 is 4.90 Å². The van der Waals surface area contributed by atoms with Crippen LogP contribution >= 0.6 is 11.5 Å². The van der Waals surface area contributed by atoms with Crippen LogP contribution in [-0.4, -0.2) is 33.5 Å². The fourth-order valence-corrected chi connectivity index (χ4v) is 2.63. The van der Waals surface area contributed by atoms with E-state index in [-0.39, 0.29) is 17.8 Å². The minimum Gasteiger partial charge on any atom is -0.481 e. The summed E-state index contributed by atoms with van der Waals surface area (Å²) in [6.45, 7) is 7.82. The number of anilines is 1. The highest BCUT2D eigenvalue weighted by molar-refractivity contribution is 7.09. The van der Waals surface area contributed by atoms with Crippen LogP contribution in [-0.2, 0) is 10.2 Å². The fraction of sp³-hybridized carbons (Fsp3) is 0.727. The van der Waals surface area contributed by atoms with Crippen LogP contribution in [0.15, 0.2) is 0 Å². The van der Waals surface area contributed by atoms with Gasteiger partial charge in [0.15, 0.2) is 0 Å². The second-order valence-corrected chi connectivity index (χ2v) is 6.25. The molecule has 0 unspecified atom stereocenters. The molecule has 0 atom stereocenters. The molecule has 94 valence electrons. The van der Waals surface area contributed by atoms with Gasteiger partial charge in [-0.1, -0.05) is 20.8 Å². The zero-order valence-corrected chi connectivity index (χ0v) is 11.1. The van der Waals surface area contributed by atoms with Gasteiger partial charge < -0.3 is 10.0 Å². The Balaban J connectivity index is 1.93. The Morgan fingerprint density at radius 2 is 2.18 bits per heavy atom. The summed E-state index contributed by atoms with van der Waals surface area (Å²) in [6, 6.07) is 0. The largest absolute Gasteiger partial charge is 0.481 e. The molecule has 0 saturated carbocycles. The maximum absolute atomic E-state index is 10.5. The van der Waals surface area contributed by atoms with E-state index in [2.05, 4.69) is 35.0 Å². The smallest absolute Gasteiger partial charge is 0.303 e. The van der Waals surface area contributed by atoms with Crippen molar-refractivity contribution < 1.29 is 9.90 Å². The average molecular weight is 255 g/mol. The number of carboxylic acid groups (broad SMARTS) is 1. The molecule has 0 spiro atoms. The molecule has 6 heteroatoms. The molecule has 0 amide bonds. The Morgan fingerprint density at radius 1 is 1.53 bits per heavy atom. The molecule has 0 radical (unpaired) electrons. The van der Waals surface area contributed by atoms with Crippen LogP contribution in [0.5, 0.6) is 0 Å². The van der Waals surface area contributed by atoms with Gasteiger partial charge in [0, 0.05) is 36.0 Å². The van der Waals surface area contributed by atoms with Crippen molar-refractivity contribution in [3.05, 3.63) is 5.82 Å². The zero-order valence-electron chi connectivity index (χ0n) is 10.3. The summed E-state index contributed by atoms with van der Waals surface area (Å²) in [5.41, 5.74) is -0.0277. The van der Waals surface area contributed by atoms with Gasteiger partial charge in [-0.15, -0.1) is 0 Å². The van der Waals surface area contributed by atoms with Crippen LogP contribution in [0.3, 0.4) is 0 Å². The van der Waals surface area contributed by atoms with E-state index < -0.39 is 5.97 Å². The number of aromatic nitrogens is 2. The van der Waals surface area contributed by atoms with E-state index in [1.807, 2.05) is 0 Å². The molecular weight excluding hydrogens is 238 g/mol. The van der Waals surface area contributed by atoms with Crippen LogP contribution in [0.1, 0.15) is 33.0 Å². The van der Waals surface area contributed by atoms with E-state index in [0.29, 0.717) is 0 Å². The minimum absolute atomic E-state index is 0.0277. The molecule has 1 aromatic heterocycles. The summed E-state index contributed by atoms with van der Waals surface area (Å²) >= 11 is 1.40. The second-order valence-electron chi connectivity index (χ2n) is 5.52. The van der Waals surface area contributed by atoms with Crippen molar-refractivity contribution in [1.29, 1.82) is 0 Å². The molecule has 0 aromatic carbocycles. The van der Waals surface area contributed by atoms with Crippen LogP contribution in [0.4, 0.5) is 5.13 Å². The predicted molar refractivity (Wildman–Crippen MR) is 66.6 cm³/mol. The molecule has 1 fully saturated rings. The van der Waals surface area contributed by atoms with Crippen molar-refractivity contribution in [1.82, 2.24) is 9.36 Å². The van der Waals surface area contributed by atoms with Gasteiger partial charge in [0.25, 0.3) is 0 Å².